The Balaban J connectivity index is 2.43. The normalized spacial score (nSPS) is 29.4. The molecule has 0 bridgehead atoms. The van der Waals surface area contributed by atoms with Crippen LogP contribution in [0.15, 0.2) is 0 Å². The van der Waals surface area contributed by atoms with E-state index in [2.05, 4.69) is 37.9 Å². The maximum Gasteiger partial charge on any atom is 0.234 e. The number of carbonyl (C=O) groups is 1. The molecular formula is C14H28N2O. The molecule has 1 saturated carbocycles. The van der Waals surface area contributed by atoms with Crippen LogP contribution in [0.25, 0.3) is 0 Å². The molecular weight excluding hydrogens is 212 g/mol. The third kappa shape index (κ3) is 4.30. The van der Waals surface area contributed by atoms with Gasteiger partial charge in [0.15, 0.2) is 0 Å². The van der Waals surface area contributed by atoms with Crippen LogP contribution in [-0.4, -0.2) is 36.5 Å². The van der Waals surface area contributed by atoms with Crippen LogP contribution in [0.5, 0.6) is 0 Å². The van der Waals surface area contributed by atoms with Gasteiger partial charge in [0.2, 0.25) is 5.91 Å². The number of likely N-dealkylation sites (N-methyl/N-ethyl adjacent to an activating group) is 1. The molecule has 0 aromatic heterocycles. The first-order chi connectivity index (χ1) is 8.08. The first kappa shape index (κ1) is 14.5. The molecule has 1 amide bonds. The molecule has 0 saturated heterocycles. The second kappa shape index (κ2) is 7.00. The summed E-state index contributed by atoms with van der Waals surface area (Å²) < 4.78 is 0. The fraction of sp³-hybridized carbons (Fsp3) is 0.929. The highest BCUT2D eigenvalue weighted by molar-refractivity contribution is 5.78. The number of hydrogen-bond acceptors (Lipinski definition) is 2. The standard InChI is InChI=1S/C14H28N2O/c1-5-16(6-2)10-13(17)15-14-11(3)8-7-9-12(14)4/h11-12,14H,5-10H2,1-4H3,(H,15,17). The summed E-state index contributed by atoms with van der Waals surface area (Å²) in [5.41, 5.74) is 0. The Labute approximate surface area is 106 Å². The van der Waals surface area contributed by atoms with Crippen molar-refractivity contribution < 1.29 is 4.79 Å². The Kier molecular flexibility index (Phi) is 5.96. The lowest BCUT2D eigenvalue weighted by Gasteiger charge is -2.35. The number of amides is 1. The third-order valence-electron chi connectivity index (χ3n) is 4.13. The first-order valence-corrected chi connectivity index (χ1v) is 7.10. The predicted molar refractivity (Wildman–Crippen MR) is 71.9 cm³/mol. The Bertz CT molecular complexity index is 228. The number of nitrogens with one attached hydrogen (secondary N) is 1. The molecule has 2 unspecified atom stereocenters. The van der Waals surface area contributed by atoms with Crippen molar-refractivity contribution in [2.75, 3.05) is 19.6 Å². The zero-order valence-corrected chi connectivity index (χ0v) is 11.8. The summed E-state index contributed by atoms with van der Waals surface area (Å²) in [6.45, 7) is 11.2. The van der Waals surface area contributed by atoms with Gasteiger partial charge >= 0.3 is 0 Å². The van der Waals surface area contributed by atoms with E-state index in [0.717, 1.165) is 13.1 Å². The highest BCUT2D eigenvalue weighted by Crippen LogP contribution is 2.28. The third-order valence-corrected chi connectivity index (χ3v) is 4.13. The molecule has 1 aliphatic carbocycles. The molecule has 0 aromatic carbocycles. The van der Waals surface area contributed by atoms with Gasteiger partial charge in [0, 0.05) is 6.04 Å². The highest BCUT2D eigenvalue weighted by Gasteiger charge is 2.28. The predicted octanol–water partition coefficient (Wildman–Crippen LogP) is 2.27. The van der Waals surface area contributed by atoms with Gasteiger partial charge in [-0.25, -0.2) is 0 Å². The van der Waals surface area contributed by atoms with E-state index in [-0.39, 0.29) is 5.91 Å². The van der Waals surface area contributed by atoms with Crippen LogP contribution in [0.1, 0.15) is 47.0 Å². The van der Waals surface area contributed by atoms with Gasteiger partial charge in [0.1, 0.15) is 0 Å². The smallest absolute Gasteiger partial charge is 0.234 e. The van der Waals surface area contributed by atoms with E-state index in [0.29, 0.717) is 24.4 Å². The largest absolute Gasteiger partial charge is 0.352 e. The summed E-state index contributed by atoms with van der Waals surface area (Å²) in [4.78, 5) is 14.1. The van der Waals surface area contributed by atoms with Crippen LogP contribution in [0.2, 0.25) is 0 Å². The van der Waals surface area contributed by atoms with E-state index >= 15 is 0 Å². The molecule has 0 radical (unpaired) electrons. The molecule has 2 atom stereocenters. The fourth-order valence-electron chi connectivity index (χ4n) is 2.85. The van der Waals surface area contributed by atoms with E-state index in [4.69, 9.17) is 0 Å². The lowest BCUT2D eigenvalue weighted by Crippen LogP contribution is -2.49. The van der Waals surface area contributed by atoms with Gasteiger partial charge in [0.25, 0.3) is 0 Å². The zero-order chi connectivity index (χ0) is 12.8. The number of nitrogens with zero attached hydrogens (tertiary/aromatic N) is 1. The van der Waals surface area contributed by atoms with Crippen molar-refractivity contribution in [1.82, 2.24) is 10.2 Å². The average molecular weight is 240 g/mol. The van der Waals surface area contributed by atoms with E-state index in [1.54, 1.807) is 0 Å². The van der Waals surface area contributed by atoms with Crippen molar-refractivity contribution in [3.63, 3.8) is 0 Å². The molecule has 0 spiro atoms. The molecule has 1 aliphatic rings. The summed E-state index contributed by atoms with van der Waals surface area (Å²) in [5.74, 6) is 1.44. The molecule has 1 fully saturated rings. The molecule has 0 heterocycles. The summed E-state index contributed by atoms with van der Waals surface area (Å²) in [6, 6.07) is 0.381. The molecule has 1 N–H and O–H groups in total. The Hall–Kier alpha value is -0.570. The molecule has 100 valence electrons. The highest BCUT2D eigenvalue weighted by atomic mass is 16.2. The van der Waals surface area contributed by atoms with Gasteiger partial charge in [0.05, 0.1) is 6.54 Å². The van der Waals surface area contributed by atoms with Gasteiger partial charge in [-0.1, -0.05) is 34.1 Å². The zero-order valence-electron chi connectivity index (χ0n) is 11.8. The van der Waals surface area contributed by atoms with Crippen molar-refractivity contribution in [2.24, 2.45) is 11.8 Å². The lowest BCUT2D eigenvalue weighted by atomic mass is 9.79. The SMILES string of the molecule is CCN(CC)CC(=O)NC1C(C)CCCC1C. The van der Waals surface area contributed by atoms with Crippen LogP contribution in [0.3, 0.4) is 0 Å². The van der Waals surface area contributed by atoms with Crippen LogP contribution < -0.4 is 5.32 Å². The van der Waals surface area contributed by atoms with Gasteiger partial charge in [-0.15, -0.1) is 0 Å². The second-order valence-electron chi connectivity index (χ2n) is 5.44. The van der Waals surface area contributed by atoms with Crippen LogP contribution in [-0.2, 0) is 4.79 Å². The minimum atomic E-state index is 0.194. The monoisotopic (exact) mass is 240 g/mol. The van der Waals surface area contributed by atoms with Crippen LogP contribution in [0, 0.1) is 11.8 Å². The molecule has 1 rings (SSSR count). The molecule has 3 heteroatoms. The van der Waals surface area contributed by atoms with Crippen molar-refractivity contribution in [1.29, 1.82) is 0 Å². The quantitative estimate of drug-likeness (QED) is 0.799. The minimum absolute atomic E-state index is 0.194. The van der Waals surface area contributed by atoms with Crippen molar-refractivity contribution in [3.8, 4) is 0 Å². The Morgan fingerprint density at radius 3 is 2.18 bits per heavy atom. The molecule has 0 aliphatic heterocycles. The van der Waals surface area contributed by atoms with Crippen LogP contribution in [0.4, 0.5) is 0 Å². The van der Waals surface area contributed by atoms with E-state index in [9.17, 15) is 4.79 Å². The van der Waals surface area contributed by atoms with E-state index in [1.807, 2.05) is 0 Å². The van der Waals surface area contributed by atoms with Crippen molar-refractivity contribution >= 4 is 5.91 Å². The van der Waals surface area contributed by atoms with Crippen LogP contribution >= 0.6 is 0 Å². The Morgan fingerprint density at radius 1 is 1.18 bits per heavy atom. The van der Waals surface area contributed by atoms with Gasteiger partial charge in [-0.05, 0) is 37.8 Å². The summed E-state index contributed by atoms with van der Waals surface area (Å²) in [5, 5.41) is 3.24. The summed E-state index contributed by atoms with van der Waals surface area (Å²) >= 11 is 0. The lowest BCUT2D eigenvalue weighted by molar-refractivity contribution is -0.123. The summed E-state index contributed by atoms with van der Waals surface area (Å²) in [7, 11) is 0. The molecule has 17 heavy (non-hydrogen) atoms. The van der Waals surface area contributed by atoms with Gasteiger partial charge < -0.3 is 5.32 Å². The average Bonchev–Trinajstić information content (AvgIpc) is 2.31. The maximum absolute atomic E-state index is 12.0. The second-order valence-corrected chi connectivity index (χ2v) is 5.44. The van der Waals surface area contributed by atoms with E-state index < -0.39 is 0 Å². The van der Waals surface area contributed by atoms with Crippen molar-refractivity contribution in [3.05, 3.63) is 0 Å². The number of rotatable bonds is 5. The fourth-order valence-corrected chi connectivity index (χ4v) is 2.85. The first-order valence-electron chi connectivity index (χ1n) is 7.10. The van der Waals surface area contributed by atoms with Gasteiger partial charge in [-0.2, -0.15) is 0 Å². The summed E-state index contributed by atoms with van der Waals surface area (Å²) in [6.07, 6.45) is 3.81. The minimum Gasteiger partial charge on any atom is -0.352 e. The number of hydrogen-bond donors (Lipinski definition) is 1. The topological polar surface area (TPSA) is 32.3 Å². The van der Waals surface area contributed by atoms with E-state index in [1.165, 1.54) is 19.3 Å². The van der Waals surface area contributed by atoms with Crippen molar-refractivity contribution in [2.45, 2.75) is 53.0 Å². The number of carbonyl (C=O) groups excluding carboxylic acids is 1. The van der Waals surface area contributed by atoms with Gasteiger partial charge in [-0.3, -0.25) is 9.69 Å². The maximum atomic E-state index is 12.0. The molecule has 0 aromatic rings. The molecule has 3 nitrogen and oxygen atoms in total. The Morgan fingerprint density at radius 2 is 1.71 bits per heavy atom.